The van der Waals surface area contributed by atoms with Crippen LogP contribution in [-0.2, 0) is 134 Å². The number of carbonyl (C=O) groups excluding carboxylic acids is 22. The Morgan fingerprint density at radius 3 is 0.716 bits per heavy atom. The number of terminal acetylenes is 8. The van der Waals surface area contributed by atoms with Gasteiger partial charge in [0.05, 0.1) is 52.5 Å². The van der Waals surface area contributed by atoms with E-state index in [1.165, 1.54) is 0 Å². The van der Waals surface area contributed by atoms with Crippen LogP contribution < -0.4 is 0 Å². The van der Waals surface area contributed by atoms with Crippen molar-refractivity contribution >= 4 is 129 Å². The molecule has 0 aromatic carbocycles. The van der Waals surface area contributed by atoms with Gasteiger partial charge in [0, 0.05) is 219 Å². The van der Waals surface area contributed by atoms with Crippen molar-refractivity contribution in [2.45, 2.75) is 330 Å². The molecule has 141 heavy (non-hydrogen) atoms. The molecule has 4 saturated heterocycles. The van der Waals surface area contributed by atoms with Crippen LogP contribution in [-0.4, -0.2) is 208 Å². The molecule has 0 aromatic heterocycles. The second-order valence-electron chi connectivity index (χ2n) is 40.4. The van der Waals surface area contributed by atoms with Crippen LogP contribution in [0.2, 0.25) is 0 Å². The number of imide groups is 12. The van der Waals surface area contributed by atoms with E-state index >= 15 is 0 Å². The standard InChI is InChI=1S/C20H27NO7.C19H27NO6.C19H25NO5.C18H25NO4.C17H24O4.C16H22O2/c1-5-6-9-27-10-11-28-18(25)13-14(19(26)20(2,3)4)12-17(24)21-15(22)7-8-16(21)23;1-5-6-9-25-10-11-26-18(24)13-14(19(2,3)4)12-17(23)20-15(21)7-8-16(20)22;1-5-6-7-8-14(21)11-13(18(25)19(2,3)4)12-17(24)20-15(22)9-10-16(20)23;1-5-6-7-8-14(20)11-13(18(2,3)4)12-17(23)19-15(21)9-10-16(19)22;1-6-8-10-20-11-12-21-15(18)13-14(9-7-2)16(19)17(3,4)5;1-6-8-9-11-14(17)12-13(10-7-2)15(18)16(3,4)5/h1,14H,6-13H2,2-4H3;1,14H,6-13H2,2-4H3;1,13H,6-12H2,2-4H3;1,13H,6-12H2,2-4H3;1-2,14H,8-13H2,3-5H3;1-2,13H,8-12H2,3-5H3. The fourth-order valence-corrected chi connectivity index (χ4v) is 14.2. The molecule has 4 rings (SSSR count). The Bertz CT molecular complexity index is 4640. The molecule has 0 aromatic rings. The maximum absolute atomic E-state index is 12.7. The Hall–Kier alpha value is -12.3. The molecule has 4 aliphatic heterocycles. The SMILES string of the molecule is C#CCCCC(=O)CC(CC#C)C(=O)C(C)(C)C.C#CCCCC(=O)CC(CC(=O)N1C(=O)CCC1=O)C(=O)C(C)(C)C.C#CCCCC(=O)CC(CC(=O)N1C(=O)CCC1=O)C(C)(C)C.C#CCCOCCOC(=O)CC(CC#C)C(=O)C(C)(C)C.C#CCCOCCOC(=O)CC(CC(=O)N1C(=O)CCC1=O)C(=O)C(C)(C)C.C#CCCOCCOC(=O)CC(CC(=O)N1C(=O)CCC1=O)C(C)(C)C. The lowest BCUT2D eigenvalue weighted by atomic mass is 9.75. The zero-order valence-corrected chi connectivity index (χ0v) is 86.3. The van der Waals surface area contributed by atoms with Crippen molar-refractivity contribution < 1.29 is 134 Å². The van der Waals surface area contributed by atoms with Gasteiger partial charge in [-0.25, -0.2) is 19.6 Å². The van der Waals surface area contributed by atoms with Gasteiger partial charge in [-0.05, 0) is 41.9 Å². The summed E-state index contributed by atoms with van der Waals surface area (Å²) >= 11 is 0. The van der Waals surface area contributed by atoms with Crippen LogP contribution in [0.3, 0.4) is 0 Å². The molecular weight excluding hydrogens is 1810 g/mol. The van der Waals surface area contributed by atoms with Crippen LogP contribution in [0, 0.1) is 167 Å². The van der Waals surface area contributed by atoms with Crippen molar-refractivity contribution in [2.24, 2.45) is 68.0 Å². The van der Waals surface area contributed by atoms with Crippen molar-refractivity contribution in [3.05, 3.63) is 0 Å². The molecule has 32 heteroatoms. The van der Waals surface area contributed by atoms with Crippen molar-refractivity contribution in [1.29, 1.82) is 0 Å². The largest absolute Gasteiger partial charge is 0.463 e. The molecule has 0 radical (unpaired) electrons. The van der Waals surface area contributed by atoms with Gasteiger partial charge in [0.1, 0.15) is 60.3 Å². The minimum Gasteiger partial charge on any atom is -0.463 e. The summed E-state index contributed by atoms with van der Waals surface area (Å²) in [4.78, 5) is 267. The molecule has 0 N–H and O–H groups in total. The summed E-state index contributed by atoms with van der Waals surface area (Å²) in [6, 6.07) is 0. The van der Waals surface area contributed by atoms with E-state index in [1.807, 2.05) is 83.1 Å². The van der Waals surface area contributed by atoms with Crippen LogP contribution in [0.1, 0.15) is 330 Å². The van der Waals surface area contributed by atoms with Gasteiger partial charge in [-0.3, -0.25) is 105 Å². The molecule has 6 unspecified atom stereocenters. The molecule has 0 aliphatic carbocycles. The molecule has 12 amide bonds. The average Bonchev–Trinajstić information content (AvgIpc) is 1.73. The Labute approximate surface area is 834 Å². The van der Waals surface area contributed by atoms with E-state index in [0.717, 1.165) is 4.90 Å². The lowest BCUT2D eigenvalue weighted by Gasteiger charge is -2.30. The van der Waals surface area contributed by atoms with E-state index in [4.69, 9.17) is 79.8 Å². The highest BCUT2D eigenvalue weighted by atomic mass is 16.6. The van der Waals surface area contributed by atoms with E-state index in [0.29, 0.717) is 118 Å². The number of carbonyl (C=O) groups is 22. The first-order valence-electron chi connectivity index (χ1n) is 47.6. The van der Waals surface area contributed by atoms with Gasteiger partial charge in [0.15, 0.2) is 0 Å². The highest BCUT2D eigenvalue weighted by molar-refractivity contribution is 6.18. The monoisotopic (exact) mass is 1960 g/mol. The Kier molecular flexibility index (Phi) is 62.3. The van der Waals surface area contributed by atoms with E-state index in [2.05, 4.69) is 47.4 Å². The number of Topliss-reactive ketones (excluding diaryl/α,β-unsaturated/α-hetero) is 7. The summed E-state index contributed by atoms with van der Waals surface area (Å²) in [5, 5.41) is 0. The normalized spacial score (nSPS) is 14.8. The smallest absolute Gasteiger partial charge is 0.306 e. The zero-order valence-electron chi connectivity index (χ0n) is 86.3. The van der Waals surface area contributed by atoms with Gasteiger partial charge in [-0.2, -0.15) is 0 Å². The molecule has 4 aliphatic rings. The Morgan fingerprint density at radius 2 is 0.468 bits per heavy atom. The maximum Gasteiger partial charge on any atom is 0.306 e. The number of amides is 12. The van der Waals surface area contributed by atoms with Gasteiger partial charge in [-0.15, -0.1) is 98.8 Å². The van der Waals surface area contributed by atoms with Gasteiger partial charge >= 0.3 is 17.9 Å². The molecular formula is C109H150N4O28. The summed E-state index contributed by atoms with van der Waals surface area (Å²) in [5.41, 5.74) is -3.17. The summed E-state index contributed by atoms with van der Waals surface area (Å²) in [7, 11) is 0. The number of ether oxygens (including phenoxy) is 6. The van der Waals surface area contributed by atoms with Gasteiger partial charge in [0.2, 0.25) is 70.9 Å². The van der Waals surface area contributed by atoms with Crippen LogP contribution in [0.4, 0.5) is 0 Å². The van der Waals surface area contributed by atoms with E-state index in [9.17, 15) is 105 Å². The average molecular weight is 1960 g/mol. The number of rotatable bonds is 50. The first-order valence-corrected chi connectivity index (χ1v) is 47.6. The van der Waals surface area contributed by atoms with E-state index in [1.54, 1.807) is 41.5 Å². The van der Waals surface area contributed by atoms with Crippen molar-refractivity contribution in [3.63, 3.8) is 0 Å². The molecule has 0 bridgehead atoms. The number of hydrogen-bond donors (Lipinski definition) is 0. The van der Waals surface area contributed by atoms with Gasteiger partial charge in [0.25, 0.3) is 0 Å². The maximum atomic E-state index is 12.7. The highest BCUT2D eigenvalue weighted by Gasteiger charge is 2.44. The van der Waals surface area contributed by atoms with Crippen molar-refractivity contribution in [2.75, 3.05) is 59.5 Å². The van der Waals surface area contributed by atoms with Crippen LogP contribution in [0.5, 0.6) is 0 Å². The predicted molar refractivity (Wildman–Crippen MR) is 524 cm³/mol. The van der Waals surface area contributed by atoms with Crippen LogP contribution >= 0.6 is 0 Å². The first-order chi connectivity index (χ1) is 65.6. The quantitative estimate of drug-likeness (QED) is 0.0179. The number of nitrogens with zero attached hydrogens (tertiary/aromatic N) is 4. The summed E-state index contributed by atoms with van der Waals surface area (Å²) < 4.78 is 30.7. The fourth-order valence-electron chi connectivity index (χ4n) is 14.2. The molecule has 6 atom stereocenters. The van der Waals surface area contributed by atoms with Crippen LogP contribution in [0.25, 0.3) is 0 Å². The molecule has 4 heterocycles. The Morgan fingerprint density at radius 1 is 0.255 bits per heavy atom. The zero-order chi connectivity index (χ0) is 108. The fraction of sp³-hybridized carbons (Fsp3) is 0.651. The number of ketones is 7. The molecule has 0 spiro atoms. The topological polar surface area (TPSA) is 444 Å². The second kappa shape index (κ2) is 67.2. The molecule has 4 fully saturated rings. The van der Waals surface area contributed by atoms with E-state index < -0.39 is 135 Å². The van der Waals surface area contributed by atoms with Crippen molar-refractivity contribution in [1.82, 2.24) is 19.6 Å². The summed E-state index contributed by atoms with van der Waals surface area (Å²) in [5.74, 6) is 7.79. The molecule has 774 valence electrons. The predicted octanol–water partition coefficient (Wildman–Crippen LogP) is 12.7. The van der Waals surface area contributed by atoms with Gasteiger partial charge in [-0.1, -0.05) is 125 Å². The number of esters is 3. The first kappa shape index (κ1) is 131. The lowest BCUT2D eigenvalue weighted by molar-refractivity contribution is -0.154. The van der Waals surface area contributed by atoms with Crippen molar-refractivity contribution in [3.8, 4) is 98.8 Å². The number of hydrogen-bond acceptors (Lipinski definition) is 28. The highest BCUT2D eigenvalue weighted by Crippen LogP contribution is 2.37. The third-order valence-corrected chi connectivity index (χ3v) is 22.1. The minimum atomic E-state index is -0.983. The van der Waals surface area contributed by atoms with E-state index in [-0.39, 0.29) is 224 Å². The third kappa shape index (κ3) is 54.3. The van der Waals surface area contributed by atoms with Gasteiger partial charge < -0.3 is 28.4 Å². The summed E-state index contributed by atoms with van der Waals surface area (Å²) in [6.45, 7) is 34.8. The second-order valence-corrected chi connectivity index (χ2v) is 40.4. The third-order valence-electron chi connectivity index (χ3n) is 22.1. The minimum absolute atomic E-state index is 0.00310. The number of likely N-dealkylation sites (tertiary alicyclic amines) is 4. The van der Waals surface area contributed by atoms with Crippen LogP contribution in [0.15, 0.2) is 0 Å². The molecule has 0 saturated carbocycles. The lowest BCUT2D eigenvalue weighted by Crippen LogP contribution is -2.39. The Balaban J connectivity index is 0. The summed E-state index contributed by atoms with van der Waals surface area (Å²) in [6.07, 6.45) is 47.5. The number of unbranched alkanes of at least 4 members (excludes halogenated alkanes) is 3. The molecule has 32 nitrogen and oxygen atoms in total.